The van der Waals surface area contributed by atoms with E-state index in [9.17, 15) is 8.42 Å². The van der Waals surface area contributed by atoms with Crippen molar-refractivity contribution in [2.45, 2.75) is 31.1 Å². The standard InChI is InChI=1S/C15H23NO4S/c1-2-3-13-8-9-16(12-13)21(18,19)15-6-4-14(5-7-15)20-11-10-17/h4-7,13,17H,2-3,8-12H2,1H3. The minimum Gasteiger partial charge on any atom is -0.491 e. The highest BCUT2D eigenvalue weighted by Gasteiger charge is 2.31. The molecule has 1 aliphatic rings. The molecular formula is C15H23NO4S. The third-order valence-corrected chi connectivity index (χ3v) is 5.65. The van der Waals surface area contributed by atoms with E-state index in [-0.39, 0.29) is 13.2 Å². The van der Waals surface area contributed by atoms with Crippen molar-refractivity contribution in [3.63, 3.8) is 0 Å². The molecule has 0 amide bonds. The van der Waals surface area contributed by atoms with Gasteiger partial charge in [0.15, 0.2) is 0 Å². The fraction of sp³-hybridized carbons (Fsp3) is 0.600. The number of rotatable bonds is 7. The van der Waals surface area contributed by atoms with Crippen molar-refractivity contribution in [1.82, 2.24) is 4.31 Å². The fourth-order valence-corrected chi connectivity index (χ4v) is 4.21. The first-order valence-corrected chi connectivity index (χ1v) is 8.85. The van der Waals surface area contributed by atoms with Gasteiger partial charge in [0.2, 0.25) is 10.0 Å². The number of benzene rings is 1. The smallest absolute Gasteiger partial charge is 0.243 e. The number of aliphatic hydroxyl groups is 1. The predicted molar refractivity (Wildman–Crippen MR) is 80.8 cm³/mol. The molecule has 2 rings (SSSR count). The Labute approximate surface area is 126 Å². The van der Waals surface area contributed by atoms with Gasteiger partial charge in [-0.15, -0.1) is 0 Å². The summed E-state index contributed by atoms with van der Waals surface area (Å²) in [6, 6.07) is 6.38. The number of nitrogens with zero attached hydrogens (tertiary/aromatic N) is 1. The van der Waals surface area contributed by atoms with Crippen LogP contribution in [0.1, 0.15) is 26.2 Å². The van der Waals surface area contributed by atoms with E-state index in [1.165, 1.54) is 0 Å². The highest BCUT2D eigenvalue weighted by atomic mass is 32.2. The second-order valence-electron chi connectivity index (χ2n) is 5.35. The van der Waals surface area contributed by atoms with E-state index in [4.69, 9.17) is 9.84 Å². The molecule has 0 saturated carbocycles. The first kappa shape index (κ1) is 16.3. The van der Waals surface area contributed by atoms with Crippen LogP contribution < -0.4 is 4.74 Å². The Hall–Kier alpha value is -1.11. The summed E-state index contributed by atoms with van der Waals surface area (Å²) in [5, 5.41) is 8.70. The third kappa shape index (κ3) is 3.96. The van der Waals surface area contributed by atoms with Crippen LogP contribution in [-0.2, 0) is 10.0 Å². The quantitative estimate of drug-likeness (QED) is 0.834. The SMILES string of the molecule is CCCC1CCN(S(=O)(=O)c2ccc(OCCO)cc2)C1. The Kier molecular flexibility index (Phi) is 5.61. The van der Waals surface area contributed by atoms with Crippen molar-refractivity contribution in [1.29, 1.82) is 0 Å². The highest BCUT2D eigenvalue weighted by Crippen LogP contribution is 2.27. The lowest BCUT2D eigenvalue weighted by Gasteiger charge is -2.17. The van der Waals surface area contributed by atoms with Gasteiger partial charge < -0.3 is 9.84 Å². The minimum atomic E-state index is -3.40. The molecule has 1 saturated heterocycles. The van der Waals surface area contributed by atoms with Gasteiger partial charge in [0.05, 0.1) is 11.5 Å². The van der Waals surface area contributed by atoms with E-state index in [1.54, 1.807) is 28.6 Å². The Balaban J connectivity index is 2.06. The van der Waals surface area contributed by atoms with Crippen molar-refractivity contribution < 1.29 is 18.3 Å². The Bertz CT molecular complexity index is 541. The molecule has 118 valence electrons. The van der Waals surface area contributed by atoms with E-state index in [0.29, 0.717) is 29.7 Å². The van der Waals surface area contributed by atoms with Gasteiger partial charge in [-0.25, -0.2) is 8.42 Å². The molecule has 0 aromatic heterocycles. The van der Waals surface area contributed by atoms with Gasteiger partial charge in [0.25, 0.3) is 0 Å². The van der Waals surface area contributed by atoms with Gasteiger partial charge in [-0.3, -0.25) is 0 Å². The molecule has 1 N–H and O–H groups in total. The molecule has 1 aromatic carbocycles. The average Bonchev–Trinajstić information content (AvgIpc) is 2.95. The van der Waals surface area contributed by atoms with Crippen LogP contribution in [0.4, 0.5) is 0 Å². The van der Waals surface area contributed by atoms with Gasteiger partial charge in [-0.2, -0.15) is 4.31 Å². The van der Waals surface area contributed by atoms with Crippen LogP contribution in [0, 0.1) is 5.92 Å². The predicted octanol–water partition coefficient (Wildman–Crippen LogP) is 1.87. The first-order valence-electron chi connectivity index (χ1n) is 7.41. The molecule has 1 aliphatic heterocycles. The monoisotopic (exact) mass is 313 g/mol. The molecule has 1 aromatic rings. The molecule has 1 unspecified atom stereocenters. The van der Waals surface area contributed by atoms with Crippen molar-refractivity contribution in [2.75, 3.05) is 26.3 Å². The molecule has 0 bridgehead atoms. The van der Waals surface area contributed by atoms with E-state index >= 15 is 0 Å². The molecule has 0 radical (unpaired) electrons. The van der Waals surface area contributed by atoms with Crippen LogP contribution >= 0.6 is 0 Å². The third-order valence-electron chi connectivity index (χ3n) is 3.77. The van der Waals surface area contributed by atoms with E-state index in [0.717, 1.165) is 19.3 Å². The summed E-state index contributed by atoms with van der Waals surface area (Å²) in [5.74, 6) is 1.05. The van der Waals surface area contributed by atoms with Gasteiger partial charge in [-0.1, -0.05) is 13.3 Å². The molecule has 5 nitrogen and oxygen atoms in total. The van der Waals surface area contributed by atoms with Gasteiger partial charge >= 0.3 is 0 Å². The van der Waals surface area contributed by atoms with Crippen molar-refractivity contribution >= 4 is 10.0 Å². The number of ether oxygens (including phenoxy) is 1. The van der Waals surface area contributed by atoms with Crippen LogP contribution in [0.2, 0.25) is 0 Å². The minimum absolute atomic E-state index is 0.0629. The topological polar surface area (TPSA) is 66.8 Å². The summed E-state index contributed by atoms with van der Waals surface area (Å²) < 4.78 is 31.9. The molecule has 21 heavy (non-hydrogen) atoms. The molecule has 6 heteroatoms. The van der Waals surface area contributed by atoms with E-state index in [1.807, 2.05) is 0 Å². The number of aliphatic hydroxyl groups excluding tert-OH is 1. The van der Waals surface area contributed by atoms with Crippen LogP contribution in [0.5, 0.6) is 5.75 Å². The molecule has 1 fully saturated rings. The molecule has 1 atom stereocenters. The summed E-state index contributed by atoms with van der Waals surface area (Å²) in [5.41, 5.74) is 0. The van der Waals surface area contributed by atoms with E-state index < -0.39 is 10.0 Å². The van der Waals surface area contributed by atoms with Gasteiger partial charge in [0.1, 0.15) is 12.4 Å². The zero-order chi connectivity index (χ0) is 15.3. The summed E-state index contributed by atoms with van der Waals surface area (Å²) >= 11 is 0. The molecular weight excluding hydrogens is 290 g/mol. The highest BCUT2D eigenvalue weighted by molar-refractivity contribution is 7.89. The average molecular weight is 313 g/mol. The van der Waals surface area contributed by atoms with Crippen LogP contribution in [0.25, 0.3) is 0 Å². The van der Waals surface area contributed by atoms with Gasteiger partial charge in [-0.05, 0) is 43.0 Å². The van der Waals surface area contributed by atoms with Crippen molar-refractivity contribution in [2.24, 2.45) is 5.92 Å². The molecule has 1 heterocycles. The Morgan fingerprint density at radius 1 is 1.33 bits per heavy atom. The summed E-state index contributed by atoms with van der Waals surface area (Å²) in [7, 11) is -3.40. The maximum Gasteiger partial charge on any atom is 0.243 e. The first-order chi connectivity index (χ1) is 10.1. The maximum absolute atomic E-state index is 12.6. The van der Waals surface area contributed by atoms with Gasteiger partial charge in [0, 0.05) is 13.1 Å². The number of hydrogen-bond acceptors (Lipinski definition) is 4. The second kappa shape index (κ2) is 7.24. The zero-order valence-electron chi connectivity index (χ0n) is 12.4. The van der Waals surface area contributed by atoms with E-state index in [2.05, 4.69) is 6.92 Å². The Morgan fingerprint density at radius 3 is 2.67 bits per heavy atom. The van der Waals surface area contributed by atoms with Crippen molar-refractivity contribution in [3.8, 4) is 5.75 Å². The van der Waals surface area contributed by atoms with Crippen LogP contribution in [-0.4, -0.2) is 44.1 Å². The lowest BCUT2D eigenvalue weighted by atomic mass is 10.0. The second-order valence-corrected chi connectivity index (χ2v) is 7.29. The molecule has 0 aliphatic carbocycles. The summed E-state index contributed by atoms with van der Waals surface area (Å²) in [6.45, 7) is 3.50. The lowest BCUT2D eigenvalue weighted by molar-refractivity contribution is 0.201. The number of sulfonamides is 1. The largest absolute Gasteiger partial charge is 0.491 e. The summed E-state index contributed by atoms with van der Waals surface area (Å²) in [6.07, 6.45) is 3.13. The lowest BCUT2D eigenvalue weighted by Crippen LogP contribution is -2.28. The summed E-state index contributed by atoms with van der Waals surface area (Å²) in [4.78, 5) is 0.302. The number of hydrogen-bond donors (Lipinski definition) is 1. The molecule has 0 spiro atoms. The fourth-order valence-electron chi connectivity index (χ4n) is 2.68. The van der Waals surface area contributed by atoms with Crippen LogP contribution in [0.15, 0.2) is 29.2 Å². The van der Waals surface area contributed by atoms with Crippen LogP contribution in [0.3, 0.4) is 0 Å². The normalized spacial score (nSPS) is 19.8. The maximum atomic E-state index is 12.6. The zero-order valence-corrected chi connectivity index (χ0v) is 13.2. The van der Waals surface area contributed by atoms with Crippen molar-refractivity contribution in [3.05, 3.63) is 24.3 Å². The Morgan fingerprint density at radius 2 is 2.05 bits per heavy atom.